The molecule has 148 valence electrons. The zero-order valence-corrected chi connectivity index (χ0v) is 17.1. The van der Waals surface area contributed by atoms with Crippen molar-refractivity contribution in [3.8, 4) is 16.9 Å². The summed E-state index contributed by atoms with van der Waals surface area (Å²) in [4.78, 5) is 13.2. The predicted octanol–water partition coefficient (Wildman–Crippen LogP) is 4.06. The Morgan fingerprint density at radius 3 is 2.45 bits per heavy atom. The van der Waals surface area contributed by atoms with Crippen LogP contribution in [0.2, 0.25) is 0 Å². The van der Waals surface area contributed by atoms with Crippen molar-refractivity contribution in [1.29, 1.82) is 0 Å². The number of methoxy groups -OCH3 is 1. The Morgan fingerprint density at radius 1 is 1.00 bits per heavy atom. The fourth-order valence-corrected chi connectivity index (χ4v) is 5.14. The van der Waals surface area contributed by atoms with Crippen molar-refractivity contribution in [2.24, 2.45) is 0 Å². The van der Waals surface area contributed by atoms with Crippen LogP contribution in [0, 0.1) is 6.92 Å². The van der Waals surface area contributed by atoms with Gasteiger partial charge < -0.3 is 10.1 Å². The van der Waals surface area contributed by atoms with Crippen molar-refractivity contribution in [3.63, 3.8) is 0 Å². The molecule has 1 aliphatic heterocycles. The van der Waals surface area contributed by atoms with Gasteiger partial charge in [-0.1, -0.05) is 30.3 Å². The Labute approximate surface area is 169 Å². The van der Waals surface area contributed by atoms with Crippen LogP contribution >= 0.6 is 0 Å². The minimum absolute atomic E-state index is 0.233. The van der Waals surface area contributed by atoms with Gasteiger partial charge in [-0.05, 0) is 42.8 Å². The third-order valence-electron chi connectivity index (χ3n) is 5.05. The molecule has 0 radical (unpaired) electrons. The Kier molecular flexibility index (Phi) is 4.55. The fraction of sp³-hybridized carbons (Fsp3) is 0.136. The summed E-state index contributed by atoms with van der Waals surface area (Å²) >= 11 is 0. The van der Waals surface area contributed by atoms with E-state index in [2.05, 4.69) is 5.32 Å². The van der Waals surface area contributed by atoms with E-state index in [1.165, 1.54) is 11.4 Å². The smallest absolute Gasteiger partial charge is 0.264 e. The monoisotopic (exact) mass is 408 g/mol. The zero-order chi connectivity index (χ0) is 20.8. The average molecular weight is 408 g/mol. The van der Waals surface area contributed by atoms with E-state index >= 15 is 0 Å². The summed E-state index contributed by atoms with van der Waals surface area (Å²) in [5.74, 6) is 0.265. The van der Waals surface area contributed by atoms with Gasteiger partial charge in [0.05, 0.1) is 23.4 Å². The molecule has 0 fully saturated rings. The number of ether oxygens (including phenoxy) is 1. The van der Waals surface area contributed by atoms with Crippen LogP contribution in [0.15, 0.2) is 65.6 Å². The summed E-state index contributed by atoms with van der Waals surface area (Å²) in [6.45, 7) is 1.80. The number of benzene rings is 3. The number of hydrogen-bond acceptors (Lipinski definition) is 4. The number of rotatable bonds is 3. The maximum Gasteiger partial charge on any atom is 0.264 e. The number of fused-ring (bicyclic) bond motifs is 3. The normalized spacial score (nSPS) is 14.0. The van der Waals surface area contributed by atoms with Crippen molar-refractivity contribution >= 4 is 27.3 Å². The molecule has 0 bridgehead atoms. The molecule has 0 aliphatic carbocycles. The highest BCUT2D eigenvalue weighted by Crippen LogP contribution is 2.44. The molecule has 1 heterocycles. The van der Waals surface area contributed by atoms with Crippen molar-refractivity contribution in [2.45, 2.75) is 11.8 Å². The first-order valence-corrected chi connectivity index (χ1v) is 10.5. The van der Waals surface area contributed by atoms with Crippen molar-refractivity contribution in [3.05, 3.63) is 71.8 Å². The SMILES string of the molecule is COc1ccccc1NC(=O)c1cc(C)c2c(c1)-c1ccccc1S(=O)(=O)N2C. The van der Waals surface area contributed by atoms with Crippen LogP contribution in [0.25, 0.3) is 11.1 Å². The van der Waals surface area contributed by atoms with Crippen molar-refractivity contribution < 1.29 is 17.9 Å². The van der Waals surface area contributed by atoms with E-state index in [1.54, 1.807) is 62.6 Å². The summed E-state index contributed by atoms with van der Waals surface area (Å²) in [7, 11) is -0.555. The lowest BCUT2D eigenvalue weighted by molar-refractivity contribution is 0.102. The maximum absolute atomic E-state index is 12.9. The Balaban J connectivity index is 1.83. The van der Waals surface area contributed by atoms with E-state index in [0.29, 0.717) is 39.4 Å². The number of carbonyl (C=O) groups excluding carboxylic acids is 1. The highest BCUT2D eigenvalue weighted by molar-refractivity contribution is 7.93. The van der Waals surface area contributed by atoms with Gasteiger partial charge in [-0.2, -0.15) is 0 Å². The van der Waals surface area contributed by atoms with Crippen LogP contribution < -0.4 is 14.4 Å². The fourth-order valence-electron chi connectivity index (χ4n) is 3.66. The van der Waals surface area contributed by atoms with Crippen LogP contribution in [0.1, 0.15) is 15.9 Å². The number of anilines is 2. The molecule has 1 amide bonds. The minimum atomic E-state index is -3.63. The van der Waals surface area contributed by atoms with Gasteiger partial charge in [0.15, 0.2) is 0 Å². The summed E-state index contributed by atoms with van der Waals surface area (Å²) < 4.78 is 32.3. The van der Waals surface area contributed by atoms with Gasteiger partial charge >= 0.3 is 0 Å². The summed E-state index contributed by atoms with van der Waals surface area (Å²) in [6, 6.07) is 17.4. The highest BCUT2D eigenvalue weighted by Gasteiger charge is 2.34. The van der Waals surface area contributed by atoms with E-state index < -0.39 is 10.0 Å². The first-order chi connectivity index (χ1) is 13.8. The van der Waals surface area contributed by atoms with Crippen LogP contribution in [0.3, 0.4) is 0 Å². The maximum atomic E-state index is 12.9. The zero-order valence-electron chi connectivity index (χ0n) is 16.3. The van der Waals surface area contributed by atoms with Crippen molar-refractivity contribution in [1.82, 2.24) is 0 Å². The van der Waals surface area contributed by atoms with Gasteiger partial charge in [-0.15, -0.1) is 0 Å². The molecule has 0 saturated heterocycles. The molecule has 3 aromatic carbocycles. The molecular weight excluding hydrogens is 388 g/mol. The second kappa shape index (κ2) is 6.93. The molecule has 6 nitrogen and oxygen atoms in total. The van der Waals surface area contributed by atoms with Gasteiger partial charge in [0, 0.05) is 23.7 Å². The van der Waals surface area contributed by atoms with Gasteiger partial charge in [0.25, 0.3) is 15.9 Å². The molecule has 4 rings (SSSR count). The molecule has 29 heavy (non-hydrogen) atoms. The number of sulfonamides is 1. The Hall–Kier alpha value is -3.32. The Bertz CT molecular complexity index is 1240. The molecule has 1 N–H and O–H groups in total. The molecule has 0 aromatic heterocycles. The first-order valence-electron chi connectivity index (χ1n) is 9.02. The van der Waals surface area contributed by atoms with E-state index in [1.807, 2.05) is 12.1 Å². The molecule has 0 unspecified atom stereocenters. The van der Waals surface area contributed by atoms with E-state index in [9.17, 15) is 13.2 Å². The van der Waals surface area contributed by atoms with Crippen molar-refractivity contribution in [2.75, 3.05) is 23.8 Å². The molecule has 0 spiro atoms. The lowest BCUT2D eigenvalue weighted by atomic mass is 9.96. The van der Waals surface area contributed by atoms with Crippen LogP contribution in [-0.2, 0) is 10.0 Å². The molecule has 1 aliphatic rings. The molecule has 0 saturated carbocycles. The third kappa shape index (κ3) is 3.03. The van der Waals surface area contributed by atoms with Gasteiger partial charge in [-0.3, -0.25) is 9.10 Å². The lowest BCUT2D eigenvalue weighted by Crippen LogP contribution is -2.31. The summed E-state index contributed by atoms with van der Waals surface area (Å²) in [5, 5.41) is 2.87. The first kappa shape index (κ1) is 19.0. The number of amides is 1. The van der Waals surface area contributed by atoms with Crippen LogP contribution in [0.4, 0.5) is 11.4 Å². The molecular formula is C22H20N2O4S. The molecule has 0 atom stereocenters. The second-order valence-corrected chi connectivity index (χ2v) is 8.75. The largest absolute Gasteiger partial charge is 0.495 e. The average Bonchev–Trinajstić information content (AvgIpc) is 2.72. The Morgan fingerprint density at radius 2 is 1.69 bits per heavy atom. The number of nitrogens with zero attached hydrogens (tertiary/aromatic N) is 1. The second-order valence-electron chi connectivity index (χ2n) is 6.81. The van der Waals surface area contributed by atoms with E-state index in [4.69, 9.17) is 4.74 Å². The number of carbonyl (C=O) groups is 1. The number of aryl methyl sites for hydroxylation is 1. The third-order valence-corrected chi connectivity index (χ3v) is 6.86. The van der Waals surface area contributed by atoms with Gasteiger partial charge in [-0.25, -0.2) is 8.42 Å². The number of hydrogen-bond donors (Lipinski definition) is 1. The number of para-hydroxylation sites is 2. The minimum Gasteiger partial charge on any atom is -0.495 e. The van der Waals surface area contributed by atoms with Gasteiger partial charge in [0.1, 0.15) is 5.75 Å². The summed E-state index contributed by atoms with van der Waals surface area (Å²) in [6.07, 6.45) is 0. The quantitative estimate of drug-likeness (QED) is 0.709. The van der Waals surface area contributed by atoms with Crippen LogP contribution in [0.5, 0.6) is 5.75 Å². The summed E-state index contributed by atoms with van der Waals surface area (Å²) in [5.41, 5.74) is 3.59. The van der Waals surface area contributed by atoms with E-state index in [-0.39, 0.29) is 10.8 Å². The topological polar surface area (TPSA) is 75.7 Å². The standard InChI is InChI=1S/C22H20N2O4S/c1-14-12-15(22(25)23-18-9-5-6-10-19(18)28-3)13-17-16-8-4-7-11-20(16)29(26,27)24(2)21(14)17/h4-13H,1-3H3,(H,23,25). The molecule has 3 aromatic rings. The van der Waals surface area contributed by atoms with E-state index in [0.717, 1.165) is 0 Å². The lowest BCUT2D eigenvalue weighted by Gasteiger charge is -2.31. The number of nitrogens with one attached hydrogen (secondary N) is 1. The predicted molar refractivity (Wildman–Crippen MR) is 113 cm³/mol. The van der Waals surface area contributed by atoms with Crippen LogP contribution in [-0.4, -0.2) is 28.5 Å². The van der Waals surface area contributed by atoms with Gasteiger partial charge in [0.2, 0.25) is 0 Å². The molecule has 7 heteroatoms. The highest BCUT2D eigenvalue weighted by atomic mass is 32.2.